The predicted molar refractivity (Wildman–Crippen MR) is 69.6 cm³/mol. The van der Waals surface area contributed by atoms with Crippen molar-refractivity contribution in [3.8, 4) is 5.75 Å². The van der Waals surface area contributed by atoms with Gasteiger partial charge in [-0.15, -0.1) is 0 Å². The molecule has 0 spiro atoms. The van der Waals surface area contributed by atoms with E-state index in [0.717, 1.165) is 5.56 Å². The Hall–Kier alpha value is -2.62. The maximum atomic E-state index is 11.6. The topological polar surface area (TPSA) is 61.7 Å². The molecule has 1 amide bonds. The third kappa shape index (κ3) is 3.18. The second-order valence-corrected chi connectivity index (χ2v) is 3.66. The molecule has 4 heteroatoms. The molecule has 2 aromatic carbocycles. The number of hydrogen-bond donors (Lipinski definition) is 2. The number of carbonyl (C=O) groups is 1. The van der Waals surface area contributed by atoms with Crippen molar-refractivity contribution in [2.24, 2.45) is 5.10 Å². The Morgan fingerprint density at radius 2 is 1.72 bits per heavy atom. The molecular formula is C14H12N2O2. The van der Waals surface area contributed by atoms with Crippen LogP contribution in [0.4, 0.5) is 0 Å². The van der Waals surface area contributed by atoms with Crippen molar-refractivity contribution in [2.75, 3.05) is 0 Å². The highest BCUT2D eigenvalue weighted by molar-refractivity contribution is 5.94. The lowest BCUT2D eigenvalue weighted by Gasteiger charge is -1.99. The fraction of sp³-hybridized carbons (Fsp3) is 0. The van der Waals surface area contributed by atoms with Crippen molar-refractivity contribution < 1.29 is 9.90 Å². The zero-order chi connectivity index (χ0) is 12.8. The molecule has 4 nitrogen and oxygen atoms in total. The fourth-order valence-corrected chi connectivity index (χ4v) is 1.38. The highest BCUT2D eigenvalue weighted by Crippen LogP contribution is 2.09. The highest BCUT2D eigenvalue weighted by atomic mass is 16.3. The van der Waals surface area contributed by atoms with E-state index in [4.69, 9.17) is 5.11 Å². The number of nitrogens with one attached hydrogen (secondary N) is 1. The summed E-state index contributed by atoms with van der Waals surface area (Å²) in [4.78, 5) is 11.6. The van der Waals surface area contributed by atoms with Gasteiger partial charge in [0.2, 0.25) is 0 Å². The number of amides is 1. The first-order valence-electron chi connectivity index (χ1n) is 5.43. The van der Waals surface area contributed by atoms with Gasteiger partial charge < -0.3 is 5.11 Å². The van der Waals surface area contributed by atoms with Crippen LogP contribution in [0.15, 0.2) is 59.7 Å². The molecule has 0 aliphatic heterocycles. The molecule has 0 aromatic heterocycles. The summed E-state index contributed by atoms with van der Waals surface area (Å²) < 4.78 is 0. The van der Waals surface area contributed by atoms with Gasteiger partial charge in [0, 0.05) is 5.56 Å². The van der Waals surface area contributed by atoms with Crippen LogP contribution >= 0.6 is 0 Å². The number of nitrogens with zero attached hydrogens (tertiary/aromatic N) is 1. The summed E-state index contributed by atoms with van der Waals surface area (Å²) in [6.45, 7) is 0. The first-order valence-corrected chi connectivity index (χ1v) is 5.43. The van der Waals surface area contributed by atoms with Crippen LogP contribution in [0.3, 0.4) is 0 Å². The van der Waals surface area contributed by atoms with Crippen LogP contribution in [0.1, 0.15) is 15.9 Å². The Morgan fingerprint density at radius 3 is 2.39 bits per heavy atom. The lowest BCUT2D eigenvalue weighted by molar-refractivity contribution is 0.0955. The molecule has 0 saturated carbocycles. The van der Waals surface area contributed by atoms with Crippen molar-refractivity contribution in [3.63, 3.8) is 0 Å². The number of phenols is 1. The number of carbonyl (C=O) groups excluding carboxylic acids is 1. The Morgan fingerprint density at radius 1 is 1.06 bits per heavy atom. The normalized spacial score (nSPS) is 10.4. The average molecular weight is 240 g/mol. The van der Waals surface area contributed by atoms with Gasteiger partial charge in [0.1, 0.15) is 5.75 Å². The minimum absolute atomic E-state index is 0.124. The number of rotatable bonds is 3. The van der Waals surface area contributed by atoms with Crippen molar-refractivity contribution in [1.82, 2.24) is 5.43 Å². The summed E-state index contributed by atoms with van der Waals surface area (Å²) in [6.07, 6.45) is 1.57. The number of aromatic hydroxyl groups is 1. The maximum Gasteiger partial charge on any atom is 0.271 e. The lowest BCUT2D eigenvalue weighted by Crippen LogP contribution is -2.17. The summed E-state index contributed by atoms with van der Waals surface area (Å²) >= 11 is 0. The number of benzene rings is 2. The van der Waals surface area contributed by atoms with Crippen LogP contribution in [-0.4, -0.2) is 17.2 Å². The second-order valence-electron chi connectivity index (χ2n) is 3.66. The van der Waals surface area contributed by atoms with Crippen molar-refractivity contribution in [3.05, 3.63) is 65.7 Å². The molecule has 90 valence electrons. The van der Waals surface area contributed by atoms with Gasteiger partial charge in [-0.3, -0.25) is 4.79 Å². The molecular weight excluding hydrogens is 228 g/mol. The Labute approximate surface area is 105 Å². The van der Waals surface area contributed by atoms with E-state index >= 15 is 0 Å². The third-order valence-corrected chi connectivity index (χ3v) is 2.31. The molecule has 0 atom stereocenters. The standard InChI is InChI=1S/C14H12N2O2/c17-13-8-6-12(7-9-13)14(18)16-15-10-11-4-2-1-3-5-11/h1-10,17H,(H,16,18)/b15-10-. The zero-order valence-electron chi connectivity index (χ0n) is 9.58. The van der Waals surface area contributed by atoms with Gasteiger partial charge in [0.05, 0.1) is 6.21 Å². The quantitative estimate of drug-likeness (QED) is 0.638. The highest BCUT2D eigenvalue weighted by Gasteiger charge is 2.02. The smallest absolute Gasteiger partial charge is 0.271 e. The summed E-state index contributed by atoms with van der Waals surface area (Å²) in [5.41, 5.74) is 3.76. The van der Waals surface area contributed by atoms with E-state index in [1.165, 1.54) is 24.3 Å². The van der Waals surface area contributed by atoms with E-state index in [1.54, 1.807) is 6.21 Å². The van der Waals surface area contributed by atoms with Crippen LogP contribution in [-0.2, 0) is 0 Å². The SMILES string of the molecule is O=C(N/N=C\c1ccccc1)c1ccc(O)cc1. The van der Waals surface area contributed by atoms with Crippen LogP contribution in [0.2, 0.25) is 0 Å². The van der Waals surface area contributed by atoms with Crippen molar-refractivity contribution in [1.29, 1.82) is 0 Å². The molecule has 0 saturated heterocycles. The summed E-state index contributed by atoms with van der Waals surface area (Å²) in [5, 5.41) is 13.0. The predicted octanol–water partition coefficient (Wildman–Crippen LogP) is 2.16. The van der Waals surface area contributed by atoms with E-state index in [1.807, 2.05) is 30.3 Å². The van der Waals surface area contributed by atoms with Gasteiger partial charge in [-0.25, -0.2) is 5.43 Å². The molecule has 0 radical (unpaired) electrons. The van der Waals surface area contributed by atoms with Gasteiger partial charge >= 0.3 is 0 Å². The second kappa shape index (κ2) is 5.63. The van der Waals surface area contributed by atoms with E-state index in [9.17, 15) is 4.79 Å². The summed E-state index contributed by atoms with van der Waals surface area (Å²) in [6, 6.07) is 15.4. The van der Waals surface area contributed by atoms with E-state index in [0.29, 0.717) is 5.56 Å². The maximum absolute atomic E-state index is 11.6. The van der Waals surface area contributed by atoms with Gasteiger partial charge in [-0.2, -0.15) is 5.10 Å². The summed E-state index contributed by atoms with van der Waals surface area (Å²) in [7, 11) is 0. The zero-order valence-corrected chi connectivity index (χ0v) is 9.58. The first-order chi connectivity index (χ1) is 8.75. The van der Waals surface area contributed by atoms with Crippen LogP contribution in [0.25, 0.3) is 0 Å². The largest absolute Gasteiger partial charge is 0.508 e. The molecule has 0 aliphatic rings. The average Bonchev–Trinajstić information content (AvgIpc) is 2.40. The number of hydrogen-bond acceptors (Lipinski definition) is 3. The minimum atomic E-state index is -0.317. The fourth-order valence-electron chi connectivity index (χ4n) is 1.38. The molecule has 2 aromatic rings. The molecule has 0 fully saturated rings. The van der Waals surface area contributed by atoms with Crippen LogP contribution in [0, 0.1) is 0 Å². The van der Waals surface area contributed by atoms with Gasteiger partial charge in [-0.1, -0.05) is 30.3 Å². The molecule has 18 heavy (non-hydrogen) atoms. The van der Waals surface area contributed by atoms with Gasteiger partial charge in [-0.05, 0) is 29.8 Å². The van der Waals surface area contributed by atoms with Gasteiger partial charge in [0.15, 0.2) is 0 Å². The molecule has 2 rings (SSSR count). The Bertz CT molecular complexity index is 548. The lowest BCUT2D eigenvalue weighted by atomic mass is 10.2. The van der Waals surface area contributed by atoms with Crippen LogP contribution < -0.4 is 5.43 Å². The number of hydrazone groups is 1. The minimum Gasteiger partial charge on any atom is -0.508 e. The third-order valence-electron chi connectivity index (χ3n) is 2.31. The molecule has 0 unspecified atom stereocenters. The summed E-state index contributed by atoms with van der Waals surface area (Å²) in [5.74, 6) is -0.193. The van der Waals surface area contributed by atoms with Crippen molar-refractivity contribution >= 4 is 12.1 Å². The number of phenolic OH excluding ortho intramolecular Hbond substituents is 1. The monoisotopic (exact) mass is 240 g/mol. The molecule has 0 bridgehead atoms. The van der Waals surface area contributed by atoms with Crippen LogP contribution in [0.5, 0.6) is 5.75 Å². The molecule has 0 aliphatic carbocycles. The van der Waals surface area contributed by atoms with E-state index in [2.05, 4.69) is 10.5 Å². The first kappa shape index (κ1) is 11.9. The molecule has 2 N–H and O–H groups in total. The Kier molecular flexibility index (Phi) is 3.71. The van der Waals surface area contributed by atoms with E-state index < -0.39 is 0 Å². The molecule has 0 heterocycles. The Balaban J connectivity index is 1.96. The van der Waals surface area contributed by atoms with Gasteiger partial charge in [0.25, 0.3) is 5.91 Å². The van der Waals surface area contributed by atoms with Crippen molar-refractivity contribution in [2.45, 2.75) is 0 Å². The van der Waals surface area contributed by atoms with E-state index in [-0.39, 0.29) is 11.7 Å².